The van der Waals surface area contributed by atoms with Crippen molar-refractivity contribution in [3.05, 3.63) is 18.0 Å². The average molecular weight is 329 g/mol. The van der Waals surface area contributed by atoms with Gasteiger partial charge < -0.3 is 10.2 Å². The van der Waals surface area contributed by atoms with E-state index in [1.54, 1.807) is 6.20 Å². The van der Waals surface area contributed by atoms with E-state index in [1.165, 1.54) is 6.42 Å². The van der Waals surface area contributed by atoms with Gasteiger partial charge in [0.15, 0.2) is 0 Å². The van der Waals surface area contributed by atoms with E-state index in [-0.39, 0.29) is 23.9 Å². The standard InChI is InChI=1S/C16H28N4O.ClH/c1-16(2,3)20-12-14(11-18-20)15(21)19-9-6-13(7-10-19)5-8-17-4;/h11-13,17H,5-10H2,1-4H3;1H. The van der Waals surface area contributed by atoms with Gasteiger partial charge in [-0.1, -0.05) is 0 Å². The van der Waals surface area contributed by atoms with Crippen molar-refractivity contribution >= 4 is 18.3 Å². The van der Waals surface area contributed by atoms with Crippen LogP contribution in [0.25, 0.3) is 0 Å². The van der Waals surface area contributed by atoms with Crippen molar-refractivity contribution in [1.29, 1.82) is 0 Å². The number of amides is 1. The van der Waals surface area contributed by atoms with Gasteiger partial charge in [0.25, 0.3) is 5.91 Å². The molecule has 1 aromatic heterocycles. The number of rotatable bonds is 4. The number of halogens is 1. The topological polar surface area (TPSA) is 50.2 Å². The van der Waals surface area contributed by atoms with Gasteiger partial charge in [0, 0.05) is 19.3 Å². The SMILES string of the molecule is CNCCC1CCN(C(=O)c2cnn(C(C)(C)C)c2)CC1.Cl. The lowest BCUT2D eigenvalue weighted by molar-refractivity contribution is 0.0687. The van der Waals surface area contributed by atoms with Crippen LogP contribution in [0.3, 0.4) is 0 Å². The third-order valence-corrected chi connectivity index (χ3v) is 4.22. The summed E-state index contributed by atoms with van der Waals surface area (Å²) in [7, 11) is 1.99. The molecule has 0 spiro atoms. The van der Waals surface area contributed by atoms with Crippen LogP contribution in [0.4, 0.5) is 0 Å². The Morgan fingerprint density at radius 3 is 2.50 bits per heavy atom. The van der Waals surface area contributed by atoms with E-state index in [2.05, 4.69) is 31.2 Å². The van der Waals surface area contributed by atoms with E-state index in [9.17, 15) is 4.79 Å². The first-order chi connectivity index (χ1) is 9.91. The minimum absolute atomic E-state index is 0. The summed E-state index contributed by atoms with van der Waals surface area (Å²) < 4.78 is 1.86. The maximum Gasteiger partial charge on any atom is 0.257 e. The maximum atomic E-state index is 12.5. The summed E-state index contributed by atoms with van der Waals surface area (Å²) in [6.45, 7) is 9.06. The molecule has 1 amide bonds. The molecule has 1 aliphatic heterocycles. The Labute approximate surface area is 139 Å². The normalized spacial score (nSPS) is 16.5. The number of carbonyl (C=O) groups is 1. The molecule has 2 rings (SSSR count). The predicted molar refractivity (Wildman–Crippen MR) is 91.6 cm³/mol. The molecule has 1 saturated heterocycles. The van der Waals surface area contributed by atoms with Gasteiger partial charge in [-0.2, -0.15) is 5.10 Å². The molecule has 0 aromatic carbocycles. The molecular weight excluding hydrogens is 300 g/mol. The molecular formula is C16H29ClN4O. The first-order valence-corrected chi connectivity index (χ1v) is 7.91. The third kappa shape index (κ3) is 4.71. The molecule has 6 heteroatoms. The van der Waals surface area contributed by atoms with E-state index in [1.807, 2.05) is 22.8 Å². The number of likely N-dealkylation sites (tertiary alicyclic amines) is 1. The lowest BCUT2D eigenvalue weighted by Gasteiger charge is -2.31. The minimum Gasteiger partial charge on any atom is -0.339 e. The number of hydrogen-bond acceptors (Lipinski definition) is 3. The second-order valence-electron chi connectivity index (χ2n) is 6.97. The highest BCUT2D eigenvalue weighted by Gasteiger charge is 2.25. The Morgan fingerprint density at radius 2 is 2.00 bits per heavy atom. The fourth-order valence-corrected chi connectivity index (χ4v) is 2.76. The minimum atomic E-state index is -0.0846. The molecule has 1 aromatic rings. The lowest BCUT2D eigenvalue weighted by Crippen LogP contribution is -2.38. The summed E-state index contributed by atoms with van der Waals surface area (Å²) >= 11 is 0. The van der Waals surface area contributed by atoms with Gasteiger partial charge in [0.2, 0.25) is 0 Å². The summed E-state index contributed by atoms with van der Waals surface area (Å²) in [5.74, 6) is 0.872. The first kappa shape index (κ1) is 19.0. The number of carbonyl (C=O) groups excluding carboxylic acids is 1. The Bertz CT molecular complexity index is 473. The van der Waals surface area contributed by atoms with Crippen LogP contribution in [0.2, 0.25) is 0 Å². The maximum absolute atomic E-state index is 12.5. The summed E-state index contributed by atoms with van der Waals surface area (Å²) in [6.07, 6.45) is 7.00. The zero-order valence-corrected chi connectivity index (χ0v) is 14.9. The van der Waals surface area contributed by atoms with Crippen molar-refractivity contribution < 1.29 is 4.79 Å². The van der Waals surface area contributed by atoms with Crippen LogP contribution in [0.1, 0.15) is 50.4 Å². The van der Waals surface area contributed by atoms with Crippen molar-refractivity contribution in [3.63, 3.8) is 0 Å². The molecule has 0 atom stereocenters. The molecule has 0 aliphatic carbocycles. The quantitative estimate of drug-likeness (QED) is 0.924. The molecule has 126 valence electrons. The van der Waals surface area contributed by atoms with Gasteiger partial charge >= 0.3 is 0 Å². The highest BCUT2D eigenvalue weighted by atomic mass is 35.5. The monoisotopic (exact) mass is 328 g/mol. The van der Waals surface area contributed by atoms with Gasteiger partial charge in [0.05, 0.1) is 17.3 Å². The van der Waals surface area contributed by atoms with E-state index in [0.29, 0.717) is 5.56 Å². The van der Waals surface area contributed by atoms with Crippen LogP contribution < -0.4 is 5.32 Å². The summed E-state index contributed by atoms with van der Waals surface area (Å²) in [4.78, 5) is 14.5. The molecule has 0 radical (unpaired) electrons. The number of nitrogens with zero attached hydrogens (tertiary/aromatic N) is 3. The van der Waals surface area contributed by atoms with Crippen molar-refractivity contribution in [3.8, 4) is 0 Å². The van der Waals surface area contributed by atoms with Crippen molar-refractivity contribution in [2.75, 3.05) is 26.7 Å². The van der Waals surface area contributed by atoms with Gasteiger partial charge in [-0.15, -0.1) is 12.4 Å². The zero-order valence-electron chi connectivity index (χ0n) is 14.1. The van der Waals surface area contributed by atoms with Crippen LogP contribution in [-0.2, 0) is 5.54 Å². The Kier molecular flexibility index (Phi) is 6.88. The molecule has 0 bridgehead atoms. The van der Waals surface area contributed by atoms with Crippen LogP contribution in [0.5, 0.6) is 0 Å². The molecule has 0 saturated carbocycles. The smallest absolute Gasteiger partial charge is 0.257 e. The van der Waals surface area contributed by atoms with Crippen molar-refractivity contribution in [2.24, 2.45) is 5.92 Å². The average Bonchev–Trinajstić information content (AvgIpc) is 2.95. The number of aromatic nitrogens is 2. The molecule has 1 aliphatic rings. The molecule has 1 N–H and O–H groups in total. The first-order valence-electron chi connectivity index (χ1n) is 7.91. The van der Waals surface area contributed by atoms with E-state index in [0.717, 1.165) is 38.4 Å². The zero-order chi connectivity index (χ0) is 15.5. The molecule has 2 heterocycles. The fourth-order valence-electron chi connectivity index (χ4n) is 2.76. The number of hydrogen-bond donors (Lipinski definition) is 1. The predicted octanol–water partition coefficient (Wildman–Crippen LogP) is 2.52. The molecule has 5 nitrogen and oxygen atoms in total. The van der Waals surface area contributed by atoms with Gasteiger partial charge in [-0.3, -0.25) is 9.48 Å². The van der Waals surface area contributed by atoms with Crippen LogP contribution >= 0.6 is 12.4 Å². The van der Waals surface area contributed by atoms with E-state index in [4.69, 9.17) is 0 Å². The highest BCUT2D eigenvalue weighted by Crippen LogP contribution is 2.22. The lowest BCUT2D eigenvalue weighted by atomic mass is 9.93. The third-order valence-electron chi connectivity index (χ3n) is 4.22. The summed E-state index contributed by atoms with van der Waals surface area (Å²) in [6, 6.07) is 0. The Hall–Kier alpha value is -1.07. The number of nitrogens with one attached hydrogen (secondary N) is 1. The summed E-state index contributed by atoms with van der Waals surface area (Å²) in [5, 5.41) is 7.52. The number of piperidine rings is 1. The Balaban J connectivity index is 0.00000242. The van der Waals surface area contributed by atoms with Crippen LogP contribution in [0.15, 0.2) is 12.4 Å². The molecule has 1 fully saturated rings. The van der Waals surface area contributed by atoms with Crippen molar-refractivity contribution in [2.45, 2.75) is 45.6 Å². The van der Waals surface area contributed by atoms with Gasteiger partial charge in [-0.05, 0) is 59.5 Å². The fraction of sp³-hybridized carbons (Fsp3) is 0.750. The van der Waals surface area contributed by atoms with Gasteiger partial charge in [0.1, 0.15) is 0 Å². The van der Waals surface area contributed by atoms with E-state index < -0.39 is 0 Å². The van der Waals surface area contributed by atoms with Crippen LogP contribution in [-0.4, -0.2) is 47.3 Å². The Morgan fingerprint density at radius 1 is 1.36 bits per heavy atom. The summed E-state index contributed by atoms with van der Waals surface area (Å²) in [5.41, 5.74) is 0.622. The highest BCUT2D eigenvalue weighted by molar-refractivity contribution is 5.93. The van der Waals surface area contributed by atoms with Crippen LogP contribution in [0, 0.1) is 5.92 Å². The second-order valence-corrected chi connectivity index (χ2v) is 6.97. The largest absolute Gasteiger partial charge is 0.339 e. The van der Waals surface area contributed by atoms with Crippen molar-refractivity contribution in [1.82, 2.24) is 20.0 Å². The second kappa shape index (κ2) is 7.97. The van der Waals surface area contributed by atoms with E-state index >= 15 is 0 Å². The molecule has 0 unspecified atom stereocenters. The van der Waals surface area contributed by atoms with Gasteiger partial charge in [-0.25, -0.2) is 0 Å². The molecule has 22 heavy (non-hydrogen) atoms.